The van der Waals surface area contributed by atoms with E-state index in [0.29, 0.717) is 30.6 Å². The van der Waals surface area contributed by atoms with Crippen molar-refractivity contribution in [1.29, 1.82) is 0 Å². The first-order chi connectivity index (χ1) is 16.1. The Bertz CT molecular complexity index is 1050. The van der Waals surface area contributed by atoms with Crippen LogP contribution in [0.5, 0.6) is 0 Å². The molecule has 7 nitrogen and oxygen atoms in total. The van der Waals surface area contributed by atoms with E-state index in [9.17, 15) is 9.59 Å². The predicted octanol–water partition coefficient (Wildman–Crippen LogP) is 3.47. The van der Waals surface area contributed by atoms with Crippen LogP contribution in [0.4, 0.5) is 0 Å². The molecule has 2 amide bonds. The van der Waals surface area contributed by atoms with Crippen molar-refractivity contribution in [2.24, 2.45) is 17.3 Å². The highest BCUT2D eigenvalue weighted by molar-refractivity contribution is 5.94. The highest BCUT2D eigenvalue weighted by Gasteiger charge is 2.58. The van der Waals surface area contributed by atoms with Crippen LogP contribution in [0.1, 0.15) is 78.8 Å². The standard InChI is InChI=1S/C26H33N5O2/c32-24(28-15-19-6-2-5-12-27-19)23-20-17-30(13-9-22(20)31(29-23)16-18-7-8-18)25(33)21-14-26(21)10-3-1-4-11-26/h2,5-6,12,18,21H,1,3-4,7-11,13-17H2,(H,28,32)/t21-/m1/s1. The van der Waals surface area contributed by atoms with E-state index in [4.69, 9.17) is 5.10 Å². The van der Waals surface area contributed by atoms with Crippen molar-refractivity contribution in [3.8, 4) is 0 Å². The minimum atomic E-state index is -0.170. The Labute approximate surface area is 194 Å². The number of amides is 2. The first-order valence-corrected chi connectivity index (χ1v) is 12.7. The van der Waals surface area contributed by atoms with Crippen LogP contribution >= 0.6 is 0 Å². The van der Waals surface area contributed by atoms with Crippen LogP contribution in [0.15, 0.2) is 24.4 Å². The van der Waals surface area contributed by atoms with Crippen LogP contribution in [0.2, 0.25) is 0 Å². The molecule has 0 radical (unpaired) electrons. The van der Waals surface area contributed by atoms with E-state index in [0.717, 1.165) is 42.9 Å². The lowest BCUT2D eigenvalue weighted by molar-refractivity contribution is -0.134. The summed E-state index contributed by atoms with van der Waals surface area (Å²) < 4.78 is 2.06. The second-order valence-corrected chi connectivity index (χ2v) is 10.6. The van der Waals surface area contributed by atoms with E-state index >= 15 is 0 Å². The van der Waals surface area contributed by atoms with Gasteiger partial charge in [0.25, 0.3) is 5.91 Å². The van der Waals surface area contributed by atoms with Gasteiger partial charge < -0.3 is 10.2 Å². The number of fused-ring (bicyclic) bond motifs is 1. The summed E-state index contributed by atoms with van der Waals surface area (Å²) in [7, 11) is 0. The molecule has 33 heavy (non-hydrogen) atoms. The van der Waals surface area contributed by atoms with Gasteiger partial charge in [-0.25, -0.2) is 0 Å². The van der Waals surface area contributed by atoms with Gasteiger partial charge >= 0.3 is 0 Å². The van der Waals surface area contributed by atoms with Gasteiger partial charge in [-0.3, -0.25) is 19.3 Å². The molecule has 1 aliphatic heterocycles. The fourth-order valence-corrected chi connectivity index (χ4v) is 6.04. The monoisotopic (exact) mass is 447 g/mol. The third kappa shape index (κ3) is 4.06. The summed E-state index contributed by atoms with van der Waals surface area (Å²) >= 11 is 0. The molecule has 174 valence electrons. The molecular formula is C26H33N5O2. The molecule has 3 saturated carbocycles. The van der Waals surface area contributed by atoms with E-state index in [-0.39, 0.29) is 17.2 Å². The smallest absolute Gasteiger partial charge is 0.272 e. The summed E-state index contributed by atoms with van der Waals surface area (Å²) in [6, 6.07) is 5.68. The summed E-state index contributed by atoms with van der Waals surface area (Å²) in [5.74, 6) is 1.01. The van der Waals surface area contributed by atoms with Crippen molar-refractivity contribution in [3.63, 3.8) is 0 Å². The van der Waals surface area contributed by atoms with E-state index in [1.165, 1.54) is 44.9 Å². The molecule has 4 aliphatic rings. The van der Waals surface area contributed by atoms with Gasteiger partial charge in [-0.05, 0) is 55.6 Å². The van der Waals surface area contributed by atoms with Gasteiger partial charge in [-0.2, -0.15) is 5.10 Å². The summed E-state index contributed by atoms with van der Waals surface area (Å²) in [4.78, 5) is 32.9. The minimum Gasteiger partial charge on any atom is -0.345 e. The Morgan fingerprint density at radius 3 is 2.76 bits per heavy atom. The average molecular weight is 448 g/mol. The Hall–Kier alpha value is -2.70. The highest BCUT2D eigenvalue weighted by Crippen LogP contribution is 2.62. The maximum Gasteiger partial charge on any atom is 0.272 e. The first-order valence-electron chi connectivity index (χ1n) is 12.7. The van der Waals surface area contributed by atoms with Crippen LogP contribution in [0.3, 0.4) is 0 Å². The van der Waals surface area contributed by atoms with Crippen molar-refractivity contribution < 1.29 is 9.59 Å². The summed E-state index contributed by atoms with van der Waals surface area (Å²) in [5, 5.41) is 7.76. The number of nitrogens with one attached hydrogen (secondary N) is 1. The maximum atomic E-state index is 13.4. The second-order valence-electron chi connectivity index (χ2n) is 10.6. The molecule has 3 aliphatic carbocycles. The lowest BCUT2D eigenvalue weighted by Gasteiger charge is -2.30. The summed E-state index contributed by atoms with van der Waals surface area (Å²) in [6.07, 6.45) is 12.3. The molecule has 0 aromatic carbocycles. The van der Waals surface area contributed by atoms with Crippen LogP contribution in [-0.2, 0) is 30.8 Å². The summed E-state index contributed by atoms with van der Waals surface area (Å²) in [5.41, 5.74) is 3.70. The number of nitrogens with zero attached hydrogens (tertiary/aromatic N) is 4. The maximum absolute atomic E-state index is 13.4. The van der Waals surface area contributed by atoms with Gasteiger partial charge in [0.1, 0.15) is 0 Å². The number of pyridine rings is 1. The zero-order valence-electron chi connectivity index (χ0n) is 19.3. The van der Waals surface area contributed by atoms with E-state index in [1.807, 2.05) is 23.1 Å². The van der Waals surface area contributed by atoms with Crippen molar-refractivity contribution in [2.45, 2.75) is 77.4 Å². The fraction of sp³-hybridized carbons (Fsp3) is 0.615. The minimum absolute atomic E-state index is 0.170. The number of carbonyl (C=O) groups excluding carboxylic acids is 2. The third-order valence-corrected chi connectivity index (χ3v) is 8.28. The zero-order chi connectivity index (χ0) is 22.4. The molecule has 0 bridgehead atoms. The van der Waals surface area contributed by atoms with Crippen molar-refractivity contribution >= 4 is 11.8 Å². The average Bonchev–Trinajstić information content (AvgIpc) is 3.76. The molecule has 0 saturated heterocycles. The third-order valence-electron chi connectivity index (χ3n) is 8.28. The highest BCUT2D eigenvalue weighted by atomic mass is 16.2. The van der Waals surface area contributed by atoms with E-state index < -0.39 is 0 Å². The molecule has 6 rings (SSSR count). The number of aromatic nitrogens is 3. The molecule has 2 aromatic rings. The molecule has 7 heteroatoms. The molecule has 1 spiro atoms. The number of carbonyl (C=O) groups is 2. The number of hydrogen-bond acceptors (Lipinski definition) is 4. The quantitative estimate of drug-likeness (QED) is 0.735. The molecular weight excluding hydrogens is 414 g/mol. The SMILES string of the molecule is O=C(NCc1ccccn1)c1nn(CC2CC2)c2c1CN(C(=O)[C@H]1CC13CCCCC3)CC2. The zero-order valence-corrected chi connectivity index (χ0v) is 19.3. The summed E-state index contributed by atoms with van der Waals surface area (Å²) in [6.45, 7) is 2.51. The largest absolute Gasteiger partial charge is 0.345 e. The van der Waals surface area contributed by atoms with Gasteiger partial charge in [-0.1, -0.05) is 25.3 Å². The molecule has 0 unspecified atom stereocenters. The Kier molecular flexibility index (Phi) is 5.23. The Balaban J connectivity index is 1.20. The first kappa shape index (κ1) is 20.9. The van der Waals surface area contributed by atoms with Crippen LogP contribution in [0.25, 0.3) is 0 Å². The molecule has 3 fully saturated rings. The van der Waals surface area contributed by atoms with Gasteiger partial charge in [0.05, 0.1) is 12.2 Å². The Morgan fingerprint density at radius 2 is 2.00 bits per heavy atom. The van der Waals surface area contributed by atoms with Crippen LogP contribution in [-0.4, -0.2) is 38.0 Å². The Morgan fingerprint density at radius 1 is 1.15 bits per heavy atom. The topological polar surface area (TPSA) is 80.1 Å². The van der Waals surface area contributed by atoms with Crippen molar-refractivity contribution in [1.82, 2.24) is 25.0 Å². The van der Waals surface area contributed by atoms with Crippen LogP contribution in [0, 0.1) is 17.3 Å². The molecule has 1 N–H and O–H groups in total. The fourth-order valence-electron chi connectivity index (χ4n) is 6.04. The second kappa shape index (κ2) is 8.26. The lowest BCUT2D eigenvalue weighted by Crippen LogP contribution is -2.39. The molecule has 1 atom stereocenters. The van der Waals surface area contributed by atoms with Crippen LogP contribution < -0.4 is 5.32 Å². The van der Waals surface area contributed by atoms with Gasteiger partial charge in [0.15, 0.2) is 5.69 Å². The van der Waals surface area contributed by atoms with Gasteiger partial charge in [-0.15, -0.1) is 0 Å². The lowest BCUT2D eigenvalue weighted by atomic mass is 9.84. The normalized spacial score (nSPS) is 23.3. The van der Waals surface area contributed by atoms with Gasteiger partial charge in [0.2, 0.25) is 5.91 Å². The number of rotatable bonds is 6. The molecule has 3 heterocycles. The van der Waals surface area contributed by atoms with E-state index in [2.05, 4.69) is 15.0 Å². The van der Waals surface area contributed by atoms with Crippen molar-refractivity contribution in [2.75, 3.05) is 6.54 Å². The molecule has 2 aromatic heterocycles. The number of hydrogen-bond donors (Lipinski definition) is 1. The van der Waals surface area contributed by atoms with E-state index in [1.54, 1.807) is 6.20 Å². The van der Waals surface area contributed by atoms with Gasteiger partial charge in [0, 0.05) is 49.4 Å². The van der Waals surface area contributed by atoms with Crippen molar-refractivity contribution in [3.05, 3.63) is 47.0 Å². The predicted molar refractivity (Wildman–Crippen MR) is 123 cm³/mol.